The molecule has 0 spiro atoms. The number of nitrogens with zero attached hydrogens (tertiary/aromatic N) is 4. The fourth-order valence-electron chi connectivity index (χ4n) is 2.97. The molecule has 1 aliphatic rings. The van der Waals surface area contributed by atoms with Gasteiger partial charge in [0.1, 0.15) is 0 Å². The van der Waals surface area contributed by atoms with Gasteiger partial charge in [0.25, 0.3) is 0 Å². The minimum atomic E-state index is -0.237. The van der Waals surface area contributed by atoms with Crippen molar-refractivity contribution in [1.82, 2.24) is 30.3 Å². The van der Waals surface area contributed by atoms with E-state index in [0.717, 1.165) is 31.6 Å². The van der Waals surface area contributed by atoms with Crippen LogP contribution in [0, 0.1) is 0 Å². The monoisotopic (exact) mass is 410 g/mol. The Hall–Kier alpha value is -2.10. The lowest BCUT2D eigenvalue weighted by atomic mass is 10.2. The third kappa shape index (κ3) is 6.81. The molecule has 0 bridgehead atoms. The number of hydrogen-bond donors (Lipinski definition) is 2. The van der Waals surface area contributed by atoms with Crippen molar-refractivity contribution in [3.05, 3.63) is 5.82 Å². The summed E-state index contributed by atoms with van der Waals surface area (Å²) < 4.78 is 1.93. The molecule has 0 atom stereocenters. The fraction of sp³-hybridized carbons (Fsp3) is 0.722. The van der Waals surface area contributed by atoms with Crippen LogP contribution >= 0.6 is 11.8 Å². The molecule has 0 saturated carbocycles. The van der Waals surface area contributed by atoms with Crippen molar-refractivity contribution in [2.45, 2.75) is 70.7 Å². The molecular formula is C18H30N6O3S. The Morgan fingerprint density at radius 1 is 1.18 bits per heavy atom. The second-order valence-electron chi connectivity index (χ2n) is 7.06. The van der Waals surface area contributed by atoms with Crippen molar-refractivity contribution in [3.8, 4) is 0 Å². The number of carbonyl (C=O) groups is 3. The molecule has 1 aromatic heterocycles. The van der Waals surface area contributed by atoms with Gasteiger partial charge in [0.2, 0.25) is 17.7 Å². The predicted molar refractivity (Wildman–Crippen MR) is 107 cm³/mol. The first kappa shape index (κ1) is 22.2. The smallest absolute Gasteiger partial charge is 0.239 e. The van der Waals surface area contributed by atoms with Crippen LogP contribution in [0.3, 0.4) is 0 Å². The quantitative estimate of drug-likeness (QED) is 0.586. The summed E-state index contributed by atoms with van der Waals surface area (Å²) >= 11 is 1.28. The number of hydrogen-bond acceptors (Lipinski definition) is 6. The SMILES string of the molecule is CCn1c(CN2CCCCCC2=O)nnc1SCC(=O)NCC(=O)NC(C)C. The van der Waals surface area contributed by atoms with Crippen LogP contribution < -0.4 is 10.6 Å². The molecule has 2 N–H and O–H groups in total. The van der Waals surface area contributed by atoms with E-state index in [1.54, 1.807) is 0 Å². The summed E-state index contributed by atoms with van der Waals surface area (Å²) in [6.07, 6.45) is 3.62. The van der Waals surface area contributed by atoms with Crippen LogP contribution in [-0.2, 0) is 27.5 Å². The summed E-state index contributed by atoms with van der Waals surface area (Å²) in [7, 11) is 0. The van der Waals surface area contributed by atoms with E-state index in [-0.39, 0.29) is 36.1 Å². The lowest BCUT2D eigenvalue weighted by molar-refractivity contribution is -0.131. The minimum Gasteiger partial charge on any atom is -0.352 e. The van der Waals surface area contributed by atoms with Gasteiger partial charge in [-0.1, -0.05) is 18.2 Å². The third-order valence-corrected chi connectivity index (χ3v) is 5.31. The van der Waals surface area contributed by atoms with E-state index in [2.05, 4.69) is 20.8 Å². The number of amides is 3. The summed E-state index contributed by atoms with van der Waals surface area (Å²) in [5.74, 6) is 0.595. The van der Waals surface area contributed by atoms with Crippen LogP contribution in [0.25, 0.3) is 0 Å². The number of likely N-dealkylation sites (tertiary alicyclic amines) is 1. The van der Waals surface area contributed by atoms with Crippen LogP contribution in [0.5, 0.6) is 0 Å². The summed E-state index contributed by atoms with van der Waals surface area (Å²) in [5.41, 5.74) is 0. The third-order valence-electron chi connectivity index (χ3n) is 4.34. The molecule has 2 rings (SSSR count). The van der Waals surface area contributed by atoms with E-state index in [9.17, 15) is 14.4 Å². The number of rotatable bonds is 9. The summed E-state index contributed by atoms with van der Waals surface area (Å²) in [6, 6.07) is 0.0383. The first-order chi connectivity index (χ1) is 13.4. The van der Waals surface area contributed by atoms with E-state index < -0.39 is 0 Å². The summed E-state index contributed by atoms with van der Waals surface area (Å²) in [6.45, 7) is 7.53. The number of carbonyl (C=O) groups excluding carboxylic acids is 3. The van der Waals surface area contributed by atoms with Gasteiger partial charge in [-0.3, -0.25) is 14.4 Å². The Kier molecular flexibility index (Phi) is 8.75. The Balaban J connectivity index is 1.88. The number of nitrogens with one attached hydrogen (secondary N) is 2. The molecule has 9 nitrogen and oxygen atoms in total. The molecule has 10 heteroatoms. The molecule has 3 amide bonds. The molecular weight excluding hydrogens is 380 g/mol. The van der Waals surface area contributed by atoms with Crippen molar-refractivity contribution in [2.75, 3.05) is 18.8 Å². The van der Waals surface area contributed by atoms with Crippen LogP contribution in [0.15, 0.2) is 5.16 Å². The summed E-state index contributed by atoms with van der Waals surface area (Å²) in [5, 5.41) is 14.4. The van der Waals surface area contributed by atoms with Gasteiger partial charge in [-0.2, -0.15) is 0 Å². The molecule has 1 aliphatic heterocycles. The van der Waals surface area contributed by atoms with Crippen molar-refractivity contribution in [1.29, 1.82) is 0 Å². The highest BCUT2D eigenvalue weighted by Gasteiger charge is 2.21. The maximum absolute atomic E-state index is 12.2. The van der Waals surface area contributed by atoms with Crippen LogP contribution in [0.4, 0.5) is 0 Å². The largest absolute Gasteiger partial charge is 0.352 e. The maximum atomic E-state index is 12.2. The molecule has 28 heavy (non-hydrogen) atoms. The fourth-order valence-corrected chi connectivity index (χ4v) is 3.82. The van der Waals surface area contributed by atoms with Gasteiger partial charge in [-0.15, -0.1) is 10.2 Å². The number of aromatic nitrogens is 3. The second kappa shape index (κ2) is 11.0. The average molecular weight is 411 g/mol. The van der Waals surface area contributed by atoms with E-state index >= 15 is 0 Å². The zero-order chi connectivity index (χ0) is 20.5. The molecule has 156 valence electrons. The van der Waals surface area contributed by atoms with Crippen molar-refractivity contribution in [3.63, 3.8) is 0 Å². The van der Waals surface area contributed by atoms with Crippen molar-refractivity contribution in [2.24, 2.45) is 0 Å². The lowest BCUT2D eigenvalue weighted by Gasteiger charge is -2.20. The maximum Gasteiger partial charge on any atom is 0.239 e. The highest BCUT2D eigenvalue weighted by atomic mass is 32.2. The van der Waals surface area contributed by atoms with Gasteiger partial charge in [-0.25, -0.2) is 0 Å². The van der Waals surface area contributed by atoms with Crippen molar-refractivity contribution >= 4 is 29.5 Å². The Morgan fingerprint density at radius 3 is 2.68 bits per heavy atom. The van der Waals surface area contributed by atoms with E-state index in [4.69, 9.17) is 0 Å². The van der Waals surface area contributed by atoms with Gasteiger partial charge < -0.3 is 20.1 Å². The molecule has 0 unspecified atom stereocenters. The van der Waals surface area contributed by atoms with E-state index in [1.165, 1.54) is 11.8 Å². The van der Waals surface area contributed by atoms with Crippen LogP contribution in [0.1, 0.15) is 52.3 Å². The first-order valence-corrected chi connectivity index (χ1v) is 10.8. The zero-order valence-corrected chi connectivity index (χ0v) is 17.7. The summed E-state index contributed by atoms with van der Waals surface area (Å²) in [4.78, 5) is 37.6. The first-order valence-electron chi connectivity index (χ1n) is 9.79. The van der Waals surface area contributed by atoms with Gasteiger partial charge in [0.15, 0.2) is 11.0 Å². The topological polar surface area (TPSA) is 109 Å². The Morgan fingerprint density at radius 2 is 1.96 bits per heavy atom. The molecule has 0 aliphatic carbocycles. The Bertz CT molecular complexity index is 691. The molecule has 1 fully saturated rings. The number of thioether (sulfide) groups is 1. The highest BCUT2D eigenvalue weighted by Crippen LogP contribution is 2.19. The zero-order valence-electron chi connectivity index (χ0n) is 16.9. The van der Waals surface area contributed by atoms with Crippen LogP contribution in [-0.4, -0.2) is 62.3 Å². The van der Waals surface area contributed by atoms with Gasteiger partial charge in [0, 0.05) is 25.6 Å². The molecule has 0 radical (unpaired) electrons. The second-order valence-corrected chi connectivity index (χ2v) is 8.00. The van der Waals surface area contributed by atoms with Gasteiger partial charge in [-0.05, 0) is 33.6 Å². The van der Waals surface area contributed by atoms with Gasteiger partial charge in [0.05, 0.1) is 18.8 Å². The lowest BCUT2D eigenvalue weighted by Crippen LogP contribution is -2.40. The molecule has 0 aromatic carbocycles. The standard InChI is InChI=1S/C18H30N6O3S/c1-4-24-14(11-23-9-7-5-6-8-17(23)27)21-22-18(24)28-12-16(26)19-10-15(25)20-13(2)3/h13H,4-12H2,1-3H3,(H,19,26)(H,20,25). The van der Waals surface area contributed by atoms with Gasteiger partial charge >= 0.3 is 0 Å². The Labute approximate surface area is 170 Å². The predicted octanol–water partition coefficient (Wildman–Crippen LogP) is 0.934. The van der Waals surface area contributed by atoms with E-state index in [0.29, 0.717) is 24.7 Å². The normalized spacial score (nSPS) is 14.9. The molecule has 1 saturated heterocycles. The minimum absolute atomic E-state index is 0.0383. The van der Waals surface area contributed by atoms with Crippen molar-refractivity contribution < 1.29 is 14.4 Å². The van der Waals surface area contributed by atoms with E-state index in [1.807, 2.05) is 30.2 Å². The molecule has 1 aromatic rings. The average Bonchev–Trinajstić information content (AvgIpc) is 2.92. The molecule has 2 heterocycles. The van der Waals surface area contributed by atoms with Crippen LogP contribution in [0.2, 0.25) is 0 Å². The highest BCUT2D eigenvalue weighted by molar-refractivity contribution is 7.99.